The number of carbonyl (C=O) groups excluding carboxylic acids is 1. The molecule has 0 aromatic carbocycles. The van der Waals surface area contributed by atoms with Crippen molar-refractivity contribution in [1.82, 2.24) is 0 Å². The molecule has 4 nitrogen and oxygen atoms in total. The van der Waals surface area contributed by atoms with Crippen molar-refractivity contribution in [1.29, 1.82) is 0 Å². The molecule has 84 valence electrons. The smallest absolute Gasteiger partial charge is 0.370 e. The third-order valence-electron chi connectivity index (χ3n) is 2.42. The molecule has 4 heteroatoms. The summed E-state index contributed by atoms with van der Waals surface area (Å²) in [6, 6.07) is 0. The maximum Gasteiger partial charge on any atom is 0.370 e. The molecule has 0 saturated carbocycles. The van der Waals surface area contributed by atoms with Crippen LogP contribution in [0.5, 0.6) is 0 Å². The van der Waals surface area contributed by atoms with Crippen molar-refractivity contribution in [3.8, 4) is 0 Å². The molecule has 1 aliphatic rings. The lowest BCUT2D eigenvalue weighted by atomic mass is 9.96. The minimum atomic E-state index is -1.06. The van der Waals surface area contributed by atoms with E-state index < -0.39 is 5.97 Å². The van der Waals surface area contributed by atoms with E-state index >= 15 is 0 Å². The van der Waals surface area contributed by atoms with Gasteiger partial charge in [0.2, 0.25) is 5.76 Å². The van der Waals surface area contributed by atoms with Crippen LogP contribution in [0.4, 0.5) is 0 Å². The van der Waals surface area contributed by atoms with Crippen molar-refractivity contribution >= 4 is 11.8 Å². The Kier molecular flexibility index (Phi) is 3.88. The number of aliphatic carboxylic acids is 1. The Hall–Kier alpha value is -1.32. The van der Waals surface area contributed by atoms with Crippen LogP contribution in [0, 0.1) is 5.92 Å². The van der Waals surface area contributed by atoms with Crippen molar-refractivity contribution in [3.63, 3.8) is 0 Å². The Morgan fingerprint density at radius 2 is 2.27 bits per heavy atom. The third kappa shape index (κ3) is 3.38. The largest absolute Gasteiger partial charge is 0.483 e. The zero-order valence-electron chi connectivity index (χ0n) is 9.03. The molecule has 0 saturated heterocycles. The van der Waals surface area contributed by atoms with Crippen molar-refractivity contribution < 1.29 is 19.4 Å². The van der Waals surface area contributed by atoms with Crippen molar-refractivity contribution in [3.05, 3.63) is 11.8 Å². The molecule has 0 unspecified atom stereocenters. The van der Waals surface area contributed by atoms with Gasteiger partial charge in [0, 0.05) is 12.8 Å². The van der Waals surface area contributed by atoms with E-state index in [0.717, 1.165) is 0 Å². The normalized spacial score (nSPS) is 25.3. The van der Waals surface area contributed by atoms with Gasteiger partial charge in [-0.3, -0.25) is 4.79 Å². The topological polar surface area (TPSA) is 63.6 Å². The number of ketones is 1. The fraction of sp³-hybridized carbons (Fsp3) is 0.636. The van der Waals surface area contributed by atoms with Crippen LogP contribution >= 0.6 is 0 Å². The summed E-state index contributed by atoms with van der Waals surface area (Å²) in [5.74, 6) is -0.823. The van der Waals surface area contributed by atoms with Gasteiger partial charge in [0.15, 0.2) is 0 Å². The van der Waals surface area contributed by atoms with Gasteiger partial charge < -0.3 is 9.84 Å². The molecule has 0 aromatic rings. The molecule has 0 bridgehead atoms. The first-order valence-electron chi connectivity index (χ1n) is 5.16. The summed E-state index contributed by atoms with van der Waals surface area (Å²) in [6.07, 6.45) is 2.81. The molecule has 0 radical (unpaired) electrons. The first-order chi connectivity index (χ1) is 7.02. The quantitative estimate of drug-likeness (QED) is 0.771. The number of hydrogen-bond acceptors (Lipinski definition) is 3. The van der Waals surface area contributed by atoms with Crippen LogP contribution in [0.3, 0.4) is 0 Å². The minimum absolute atomic E-state index is 0.0253. The fourth-order valence-corrected chi connectivity index (χ4v) is 1.65. The number of allylic oxidation sites excluding steroid dienone is 1. The van der Waals surface area contributed by atoms with Gasteiger partial charge >= 0.3 is 5.97 Å². The predicted octanol–water partition coefficient (Wildman–Crippen LogP) is 1.75. The van der Waals surface area contributed by atoms with E-state index in [-0.39, 0.29) is 23.6 Å². The summed E-state index contributed by atoms with van der Waals surface area (Å²) in [5, 5.41) is 8.79. The van der Waals surface area contributed by atoms with E-state index in [1.165, 1.54) is 0 Å². The molecule has 1 aliphatic heterocycles. The lowest BCUT2D eigenvalue weighted by Gasteiger charge is -2.25. The average Bonchev–Trinajstić information content (AvgIpc) is 2.16. The standard InChI is InChI=1S/C11H16O4/c1-3-8(12)6-9-4-7(2)5-10(15-9)11(13)14/h5,7,9H,3-4,6H2,1-2H3,(H,13,14)/t7-,9+/m0/s1. The summed E-state index contributed by atoms with van der Waals surface area (Å²) in [5.41, 5.74) is 0. The van der Waals surface area contributed by atoms with Gasteiger partial charge in [0.05, 0.1) is 0 Å². The Morgan fingerprint density at radius 3 is 2.80 bits per heavy atom. The highest BCUT2D eigenvalue weighted by Gasteiger charge is 2.25. The molecule has 0 aliphatic carbocycles. The molecule has 1 rings (SSSR count). The summed E-state index contributed by atoms with van der Waals surface area (Å²) < 4.78 is 5.23. The molecule has 15 heavy (non-hydrogen) atoms. The number of carboxylic acids is 1. The first-order valence-corrected chi connectivity index (χ1v) is 5.16. The monoisotopic (exact) mass is 212 g/mol. The van der Waals surface area contributed by atoms with E-state index in [0.29, 0.717) is 19.3 Å². The van der Waals surface area contributed by atoms with Gasteiger partial charge in [-0.15, -0.1) is 0 Å². The fourth-order valence-electron chi connectivity index (χ4n) is 1.65. The van der Waals surface area contributed by atoms with E-state index in [4.69, 9.17) is 9.84 Å². The SMILES string of the molecule is CCC(=O)C[C@H]1C[C@H](C)C=C(C(=O)O)O1. The predicted molar refractivity (Wildman–Crippen MR) is 54.3 cm³/mol. The number of carbonyl (C=O) groups is 2. The summed E-state index contributed by atoms with van der Waals surface area (Å²) >= 11 is 0. The Labute approximate surface area is 88.9 Å². The van der Waals surface area contributed by atoms with Gasteiger partial charge in [0.25, 0.3) is 0 Å². The lowest BCUT2D eigenvalue weighted by molar-refractivity contribution is -0.139. The Bertz CT molecular complexity index is 293. The molecule has 0 amide bonds. The molecule has 2 atom stereocenters. The minimum Gasteiger partial charge on any atom is -0.483 e. The van der Waals surface area contributed by atoms with Crippen LogP contribution in [0.15, 0.2) is 11.8 Å². The van der Waals surface area contributed by atoms with Gasteiger partial charge in [-0.1, -0.05) is 13.8 Å². The number of hydrogen-bond donors (Lipinski definition) is 1. The highest BCUT2D eigenvalue weighted by molar-refractivity contribution is 5.84. The molecule has 0 spiro atoms. The number of carboxylic acid groups (broad SMARTS) is 1. The number of ether oxygens (including phenoxy) is 1. The van der Waals surface area contributed by atoms with Gasteiger partial charge in [0.1, 0.15) is 11.9 Å². The number of rotatable bonds is 4. The van der Waals surface area contributed by atoms with E-state index in [9.17, 15) is 9.59 Å². The van der Waals surface area contributed by atoms with E-state index in [1.807, 2.05) is 6.92 Å². The summed E-state index contributed by atoms with van der Waals surface area (Å²) in [4.78, 5) is 21.9. The molecule has 0 fully saturated rings. The zero-order valence-corrected chi connectivity index (χ0v) is 9.03. The second kappa shape index (κ2) is 4.96. The van der Waals surface area contributed by atoms with E-state index in [2.05, 4.69) is 0 Å². The van der Waals surface area contributed by atoms with E-state index in [1.54, 1.807) is 13.0 Å². The molecule has 1 heterocycles. The van der Waals surface area contributed by atoms with Crippen LogP contribution in [-0.2, 0) is 14.3 Å². The third-order valence-corrected chi connectivity index (χ3v) is 2.42. The van der Waals surface area contributed by atoms with Gasteiger partial charge in [-0.2, -0.15) is 0 Å². The summed E-state index contributed by atoms with van der Waals surface area (Å²) in [6.45, 7) is 3.72. The van der Waals surface area contributed by atoms with Gasteiger partial charge in [-0.25, -0.2) is 4.79 Å². The van der Waals surface area contributed by atoms with Crippen LogP contribution in [0.1, 0.15) is 33.1 Å². The van der Waals surface area contributed by atoms with Crippen molar-refractivity contribution in [2.75, 3.05) is 0 Å². The molecule has 0 aromatic heterocycles. The van der Waals surface area contributed by atoms with Crippen molar-refractivity contribution in [2.45, 2.75) is 39.2 Å². The second-order valence-corrected chi connectivity index (χ2v) is 3.89. The lowest BCUT2D eigenvalue weighted by Crippen LogP contribution is -2.26. The molecular formula is C11H16O4. The van der Waals surface area contributed by atoms with Crippen LogP contribution < -0.4 is 0 Å². The highest BCUT2D eigenvalue weighted by Crippen LogP contribution is 2.24. The maximum absolute atomic E-state index is 11.2. The first kappa shape index (κ1) is 11.8. The van der Waals surface area contributed by atoms with Crippen molar-refractivity contribution in [2.24, 2.45) is 5.92 Å². The Morgan fingerprint density at radius 1 is 1.60 bits per heavy atom. The average molecular weight is 212 g/mol. The number of Topliss-reactive ketones (excluding diaryl/α,β-unsaturated/α-hetero) is 1. The zero-order chi connectivity index (χ0) is 11.4. The molecular weight excluding hydrogens is 196 g/mol. The maximum atomic E-state index is 11.2. The van der Waals surface area contributed by atoms with Crippen LogP contribution in [0.2, 0.25) is 0 Å². The highest BCUT2D eigenvalue weighted by atomic mass is 16.5. The van der Waals surface area contributed by atoms with Crippen LogP contribution in [-0.4, -0.2) is 23.0 Å². The Balaban J connectivity index is 2.61. The summed E-state index contributed by atoms with van der Waals surface area (Å²) in [7, 11) is 0. The molecule has 1 N–H and O–H groups in total. The second-order valence-electron chi connectivity index (χ2n) is 3.89. The van der Waals surface area contributed by atoms with Gasteiger partial charge in [-0.05, 0) is 18.4 Å². The van der Waals surface area contributed by atoms with Crippen LogP contribution in [0.25, 0.3) is 0 Å².